The Balaban J connectivity index is 1.95. The first-order valence-electron chi connectivity index (χ1n) is 6.32. The lowest BCUT2D eigenvalue weighted by Gasteiger charge is -2.08. The maximum absolute atomic E-state index is 11.9. The van der Waals surface area contributed by atoms with E-state index in [1.54, 1.807) is 25.1 Å². The topological polar surface area (TPSA) is 84.1 Å². The number of H-pyrrole nitrogens is 1. The van der Waals surface area contributed by atoms with E-state index in [1.165, 1.54) is 13.2 Å². The number of thioether (sulfide) groups is 1. The molecule has 1 aromatic carbocycles. The molecule has 0 radical (unpaired) electrons. The highest BCUT2D eigenvalue weighted by atomic mass is 35.5. The van der Waals surface area contributed by atoms with E-state index >= 15 is 0 Å². The lowest BCUT2D eigenvalue weighted by atomic mass is 10.3. The number of hydrogen-bond acceptors (Lipinski definition) is 5. The smallest absolute Gasteiger partial charge is 0.251 e. The van der Waals surface area contributed by atoms with E-state index in [0.29, 0.717) is 27.3 Å². The van der Waals surface area contributed by atoms with E-state index in [9.17, 15) is 9.59 Å². The third kappa shape index (κ3) is 4.51. The van der Waals surface area contributed by atoms with Crippen LogP contribution < -0.4 is 15.6 Å². The summed E-state index contributed by atoms with van der Waals surface area (Å²) in [6.07, 6.45) is 0. The average molecular weight is 340 g/mol. The van der Waals surface area contributed by atoms with Crippen molar-refractivity contribution >= 4 is 35.0 Å². The largest absolute Gasteiger partial charge is 0.495 e. The Morgan fingerprint density at radius 1 is 1.45 bits per heavy atom. The molecule has 1 heterocycles. The van der Waals surface area contributed by atoms with Crippen LogP contribution in [0.5, 0.6) is 5.75 Å². The van der Waals surface area contributed by atoms with Gasteiger partial charge in [0.25, 0.3) is 5.56 Å². The number of nitrogens with zero attached hydrogens (tertiary/aromatic N) is 1. The van der Waals surface area contributed by atoms with Crippen LogP contribution in [0.4, 0.5) is 5.69 Å². The van der Waals surface area contributed by atoms with Gasteiger partial charge < -0.3 is 15.0 Å². The number of halogens is 1. The molecule has 0 fully saturated rings. The van der Waals surface area contributed by atoms with E-state index in [0.717, 1.165) is 11.8 Å². The van der Waals surface area contributed by atoms with Crippen molar-refractivity contribution in [1.29, 1.82) is 0 Å². The van der Waals surface area contributed by atoms with E-state index < -0.39 is 0 Å². The third-order valence-electron chi connectivity index (χ3n) is 2.62. The van der Waals surface area contributed by atoms with E-state index in [2.05, 4.69) is 15.3 Å². The highest BCUT2D eigenvalue weighted by Gasteiger charge is 2.08. The Bertz CT molecular complexity index is 748. The normalized spacial score (nSPS) is 10.3. The predicted molar refractivity (Wildman–Crippen MR) is 87.0 cm³/mol. The van der Waals surface area contributed by atoms with Gasteiger partial charge in [-0.2, -0.15) is 0 Å². The fraction of sp³-hybridized carbons (Fsp3) is 0.214. The Morgan fingerprint density at radius 2 is 2.23 bits per heavy atom. The molecule has 0 atom stereocenters. The Hall–Kier alpha value is -1.99. The van der Waals surface area contributed by atoms with Gasteiger partial charge in [-0.1, -0.05) is 23.4 Å². The Labute approximate surface area is 136 Å². The number of anilines is 1. The molecule has 6 nitrogen and oxygen atoms in total. The minimum absolute atomic E-state index is 0.121. The van der Waals surface area contributed by atoms with Gasteiger partial charge in [0, 0.05) is 17.4 Å². The van der Waals surface area contributed by atoms with Crippen molar-refractivity contribution in [2.45, 2.75) is 12.1 Å². The van der Waals surface area contributed by atoms with E-state index in [-0.39, 0.29) is 17.2 Å². The molecule has 0 spiro atoms. The molecule has 2 N–H and O–H groups in total. The van der Waals surface area contributed by atoms with Gasteiger partial charge in [-0.05, 0) is 25.1 Å². The molecule has 116 valence electrons. The van der Waals surface area contributed by atoms with E-state index in [4.69, 9.17) is 16.3 Å². The number of rotatable bonds is 5. The molecule has 0 aliphatic heterocycles. The van der Waals surface area contributed by atoms with Gasteiger partial charge in [0.2, 0.25) is 5.91 Å². The van der Waals surface area contributed by atoms with Gasteiger partial charge >= 0.3 is 0 Å². The zero-order valence-corrected chi connectivity index (χ0v) is 13.5. The summed E-state index contributed by atoms with van der Waals surface area (Å²) in [7, 11) is 1.52. The number of aromatic amines is 1. The molecule has 0 unspecified atom stereocenters. The Kier molecular flexibility index (Phi) is 5.46. The number of aryl methyl sites for hydroxylation is 1. The van der Waals surface area contributed by atoms with Crippen LogP contribution in [0.15, 0.2) is 34.2 Å². The second-order valence-electron chi connectivity index (χ2n) is 4.38. The molecule has 0 bridgehead atoms. The second-order valence-corrected chi connectivity index (χ2v) is 5.75. The molecule has 2 aromatic rings. The average Bonchev–Trinajstić information content (AvgIpc) is 2.44. The molecule has 22 heavy (non-hydrogen) atoms. The van der Waals surface area contributed by atoms with Crippen molar-refractivity contribution in [2.75, 3.05) is 18.2 Å². The minimum atomic E-state index is -0.239. The first kappa shape index (κ1) is 16.4. The quantitative estimate of drug-likeness (QED) is 0.645. The molecule has 0 saturated heterocycles. The van der Waals surface area contributed by atoms with Crippen LogP contribution in [0.3, 0.4) is 0 Å². The van der Waals surface area contributed by atoms with Crippen molar-refractivity contribution in [2.24, 2.45) is 0 Å². The second kappa shape index (κ2) is 7.33. The van der Waals surface area contributed by atoms with Gasteiger partial charge in [0.15, 0.2) is 5.16 Å². The van der Waals surface area contributed by atoms with Crippen LogP contribution in [0.1, 0.15) is 5.69 Å². The summed E-state index contributed by atoms with van der Waals surface area (Å²) in [6.45, 7) is 1.72. The van der Waals surface area contributed by atoms with Crippen molar-refractivity contribution < 1.29 is 9.53 Å². The third-order valence-corrected chi connectivity index (χ3v) is 3.79. The summed E-state index contributed by atoms with van der Waals surface area (Å²) in [4.78, 5) is 29.9. The maximum atomic E-state index is 11.9. The summed E-state index contributed by atoms with van der Waals surface area (Å²) in [5, 5.41) is 3.54. The lowest BCUT2D eigenvalue weighted by Crippen LogP contribution is -2.15. The first-order chi connectivity index (χ1) is 10.5. The van der Waals surface area contributed by atoms with Crippen LogP contribution in [0.25, 0.3) is 0 Å². The molecule has 0 saturated carbocycles. The molecule has 0 aliphatic rings. The van der Waals surface area contributed by atoms with Crippen molar-refractivity contribution in [3.8, 4) is 5.75 Å². The fourth-order valence-electron chi connectivity index (χ4n) is 1.70. The number of aromatic nitrogens is 2. The van der Waals surface area contributed by atoms with Crippen molar-refractivity contribution in [1.82, 2.24) is 9.97 Å². The van der Waals surface area contributed by atoms with Crippen molar-refractivity contribution in [3.63, 3.8) is 0 Å². The molecule has 1 aromatic heterocycles. The summed E-state index contributed by atoms with van der Waals surface area (Å²) < 4.78 is 5.04. The van der Waals surface area contributed by atoms with Crippen LogP contribution in [-0.2, 0) is 4.79 Å². The molecular weight excluding hydrogens is 326 g/mol. The summed E-state index contributed by atoms with van der Waals surface area (Å²) in [6, 6.07) is 6.37. The van der Waals surface area contributed by atoms with Gasteiger partial charge in [-0.15, -0.1) is 0 Å². The molecular formula is C14H14ClN3O3S. The number of methoxy groups -OCH3 is 1. The molecule has 8 heteroatoms. The lowest BCUT2D eigenvalue weighted by molar-refractivity contribution is -0.113. The maximum Gasteiger partial charge on any atom is 0.251 e. The summed E-state index contributed by atoms with van der Waals surface area (Å²) in [5.74, 6) is 0.432. The van der Waals surface area contributed by atoms with Crippen LogP contribution in [0.2, 0.25) is 5.02 Å². The Morgan fingerprint density at radius 3 is 2.86 bits per heavy atom. The number of hydrogen-bond donors (Lipinski definition) is 2. The van der Waals surface area contributed by atoms with E-state index in [1.807, 2.05) is 0 Å². The van der Waals surface area contributed by atoms with Crippen LogP contribution >= 0.6 is 23.4 Å². The standard InChI is InChI=1S/C14H14ClN3O3S/c1-8-5-12(19)18-14(16-8)22-7-13(20)17-9-3-4-11(21-2)10(15)6-9/h3-6H,7H2,1-2H3,(H,17,20)(H,16,18,19). The highest BCUT2D eigenvalue weighted by Crippen LogP contribution is 2.27. The van der Waals surface area contributed by atoms with Crippen molar-refractivity contribution in [3.05, 3.63) is 45.3 Å². The monoisotopic (exact) mass is 339 g/mol. The number of carbonyl (C=O) groups is 1. The highest BCUT2D eigenvalue weighted by molar-refractivity contribution is 7.99. The minimum Gasteiger partial charge on any atom is -0.495 e. The SMILES string of the molecule is COc1ccc(NC(=O)CSc2nc(C)cc(=O)[nH]2)cc1Cl. The number of nitrogens with one attached hydrogen (secondary N) is 2. The molecule has 1 amide bonds. The van der Waals surface area contributed by atoms with Gasteiger partial charge in [0.05, 0.1) is 17.9 Å². The zero-order chi connectivity index (χ0) is 16.1. The van der Waals surface area contributed by atoms with Crippen LogP contribution in [0, 0.1) is 6.92 Å². The molecule has 0 aliphatic carbocycles. The number of benzene rings is 1. The number of amides is 1. The predicted octanol–water partition coefficient (Wildman–Crippen LogP) is 2.47. The first-order valence-corrected chi connectivity index (χ1v) is 7.68. The summed E-state index contributed by atoms with van der Waals surface area (Å²) >= 11 is 7.14. The van der Waals surface area contributed by atoms with Crippen LogP contribution in [-0.4, -0.2) is 28.7 Å². The molecule has 2 rings (SSSR count). The van der Waals surface area contributed by atoms with Gasteiger partial charge in [-0.3, -0.25) is 9.59 Å². The zero-order valence-electron chi connectivity index (χ0n) is 12.0. The van der Waals surface area contributed by atoms with Gasteiger partial charge in [-0.25, -0.2) is 4.98 Å². The number of ether oxygens (including phenoxy) is 1. The number of carbonyl (C=O) groups excluding carboxylic acids is 1. The fourth-order valence-corrected chi connectivity index (χ4v) is 2.67. The van der Waals surface area contributed by atoms with Gasteiger partial charge in [0.1, 0.15) is 5.75 Å². The summed E-state index contributed by atoms with van der Waals surface area (Å²) in [5.41, 5.74) is 0.938.